The van der Waals surface area contributed by atoms with Crippen LogP contribution in [0.2, 0.25) is 5.02 Å². The molecule has 0 fully saturated rings. The van der Waals surface area contributed by atoms with E-state index < -0.39 is 0 Å². The summed E-state index contributed by atoms with van der Waals surface area (Å²) >= 11 is 6.69. The maximum Gasteiger partial charge on any atom is 0.0479 e. The van der Waals surface area contributed by atoms with Crippen molar-refractivity contribution in [1.82, 2.24) is 0 Å². The highest BCUT2D eigenvalue weighted by molar-refractivity contribution is 6.33. The Bertz CT molecular complexity index is 876. The predicted molar refractivity (Wildman–Crippen MR) is 94.6 cm³/mol. The molecule has 3 aromatic carbocycles. The molecule has 1 aliphatic rings. The Morgan fingerprint density at radius 1 is 0.773 bits per heavy atom. The van der Waals surface area contributed by atoms with Crippen LogP contribution in [0.3, 0.4) is 0 Å². The van der Waals surface area contributed by atoms with E-state index in [1.165, 1.54) is 44.5 Å². The third-order valence-electron chi connectivity index (χ3n) is 4.80. The van der Waals surface area contributed by atoms with Gasteiger partial charge in [0.05, 0.1) is 0 Å². The largest absolute Gasteiger partial charge is 0.0837 e. The highest BCUT2D eigenvalue weighted by atomic mass is 35.5. The van der Waals surface area contributed by atoms with E-state index in [-0.39, 0.29) is 0 Å². The van der Waals surface area contributed by atoms with E-state index in [0.717, 1.165) is 11.4 Å². The zero-order chi connectivity index (χ0) is 15.3. The van der Waals surface area contributed by atoms with Crippen LogP contribution in [0, 0.1) is 13.8 Å². The Labute approximate surface area is 136 Å². The number of halogens is 1. The van der Waals surface area contributed by atoms with Gasteiger partial charge in [-0.1, -0.05) is 66.2 Å². The summed E-state index contributed by atoms with van der Waals surface area (Å²) in [6, 6.07) is 19.3. The Hall–Kier alpha value is -2.05. The molecule has 0 aliphatic heterocycles. The van der Waals surface area contributed by atoms with Gasteiger partial charge in [0.25, 0.3) is 0 Å². The molecule has 0 unspecified atom stereocenters. The summed E-state index contributed by atoms with van der Waals surface area (Å²) in [6.07, 6.45) is 0.936. The molecule has 0 saturated carbocycles. The molecule has 0 aromatic heterocycles. The van der Waals surface area contributed by atoms with Crippen molar-refractivity contribution in [3.05, 3.63) is 81.9 Å². The molecule has 0 amide bonds. The second-order valence-electron chi connectivity index (χ2n) is 5.99. The summed E-state index contributed by atoms with van der Waals surface area (Å²) in [5, 5.41) is 0.934. The molecule has 0 heterocycles. The molecular formula is C21H17Cl. The highest BCUT2D eigenvalue weighted by Crippen LogP contribution is 2.48. The number of rotatable bonds is 1. The van der Waals surface area contributed by atoms with Crippen molar-refractivity contribution in [3.8, 4) is 22.3 Å². The van der Waals surface area contributed by atoms with E-state index in [1.807, 2.05) is 0 Å². The molecule has 0 nitrogen and oxygen atoms in total. The molecule has 0 bridgehead atoms. The predicted octanol–water partition coefficient (Wildman–Crippen LogP) is 6.20. The number of fused-ring (bicyclic) bond motifs is 3. The molecule has 1 aliphatic carbocycles. The van der Waals surface area contributed by atoms with Crippen LogP contribution < -0.4 is 0 Å². The van der Waals surface area contributed by atoms with Crippen molar-refractivity contribution in [2.24, 2.45) is 0 Å². The van der Waals surface area contributed by atoms with Gasteiger partial charge in [0.2, 0.25) is 0 Å². The maximum atomic E-state index is 6.69. The number of hydrogen-bond acceptors (Lipinski definition) is 0. The summed E-state index contributed by atoms with van der Waals surface area (Å²) < 4.78 is 0. The normalized spacial score (nSPS) is 12.1. The average Bonchev–Trinajstić information content (AvgIpc) is 2.94. The summed E-state index contributed by atoms with van der Waals surface area (Å²) in [7, 11) is 0. The first-order valence-electron chi connectivity index (χ1n) is 7.63. The lowest BCUT2D eigenvalue weighted by atomic mass is 9.88. The first-order chi connectivity index (χ1) is 10.7. The fourth-order valence-electron chi connectivity index (χ4n) is 3.56. The standard InChI is InChI=1S/C21H17Cl/c1-13-14(2)21(22)18-12-16-10-6-7-11-17(16)20(18)19(13)15-8-4-3-5-9-15/h3-11H,12H2,1-2H3. The molecule has 0 saturated heterocycles. The maximum absolute atomic E-state index is 6.69. The van der Waals surface area contributed by atoms with Gasteiger partial charge in [0, 0.05) is 11.4 Å². The van der Waals surface area contributed by atoms with Crippen LogP contribution in [0.15, 0.2) is 54.6 Å². The van der Waals surface area contributed by atoms with Gasteiger partial charge in [0.1, 0.15) is 0 Å². The number of hydrogen-bond donors (Lipinski definition) is 0. The second kappa shape index (κ2) is 5.00. The fraction of sp³-hybridized carbons (Fsp3) is 0.143. The summed E-state index contributed by atoms with van der Waals surface area (Å²) in [6.45, 7) is 4.32. The topological polar surface area (TPSA) is 0 Å². The monoisotopic (exact) mass is 304 g/mol. The van der Waals surface area contributed by atoms with E-state index in [4.69, 9.17) is 11.6 Å². The minimum atomic E-state index is 0.934. The lowest BCUT2D eigenvalue weighted by molar-refractivity contribution is 1.23. The average molecular weight is 305 g/mol. The summed E-state index contributed by atoms with van der Waals surface area (Å²) in [5.41, 5.74) is 10.4. The van der Waals surface area contributed by atoms with Gasteiger partial charge in [-0.2, -0.15) is 0 Å². The van der Waals surface area contributed by atoms with Crippen molar-refractivity contribution in [2.45, 2.75) is 20.3 Å². The molecule has 0 radical (unpaired) electrons. The van der Waals surface area contributed by atoms with Crippen LogP contribution in [0.4, 0.5) is 0 Å². The van der Waals surface area contributed by atoms with Crippen molar-refractivity contribution in [1.29, 1.82) is 0 Å². The first kappa shape index (κ1) is 13.6. The molecular weight excluding hydrogens is 288 g/mol. The van der Waals surface area contributed by atoms with Crippen molar-refractivity contribution >= 4 is 11.6 Å². The van der Waals surface area contributed by atoms with Gasteiger partial charge in [-0.15, -0.1) is 0 Å². The fourth-order valence-corrected chi connectivity index (χ4v) is 3.87. The third kappa shape index (κ3) is 1.84. The van der Waals surface area contributed by atoms with Gasteiger partial charge in [0.15, 0.2) is 0 Å². The van der Waals surface area contributed by atoms with E-state index in [2.05, 4.69) is 68.4 Å². The van der Waals surface area contributed by atoms with Crippen LogP contribution in [-0.4, -0.2) is 0 Å². The van der Waals surface area contributed by atoms with Crippen molar-refractivity contribution in [3.63, 3.8) is 0 Å². The Morgan fingerprint density at radius 3 is 2.23 bits per heavy atom. The van der Waals surface area contributed by atoms with Crippen LogP contribution >= 0.6 is 11.6 Å². The van der Waals surface area contributed by atoms with Gasteiger partial charge in [-0.05, 0) is 58.4 Å². The van der Waals surface area contributed by atoms with E-state index in [0.29, 0.717) is 0 Å². The van der Waals surface area contributed by atoms with Crippen LogP contribution in [0.1, 0.15) is 22.3 Å². The summed E-state index contributed by atoms with van der Waals surface area (Å²) in [4.78, 5) is 0. The number of benzene rings is 3. The van der Waals surface area contributed by atoms with Crippen molar-refractivity contribution in [2.75, 3.05) is 0 Å². The zero-order valence-electron chi connectivity index (χ0n) is 12.8. The van der Waals surface area contributed by atoms with Crippen LogP contribution in [0.25, 0.3) is 22.3 Å². The van der Waals surface area contributed by atoms with Gasteiger partial charge < -0.3 is 0 Å². The molecule has 0 atom stereocenters. The molecule has 108 valence electrons. The summed E-state index contributed by atoms with van der Waals surface area (Å²) in [5.74, 6) is 0. The Morgan fingerprint density at radius 2 is 1.45 bits per heavy atom. The van der Waals surface area contributed by atoms with Gasteiger partial charge in [-0.25, -0.2) is 0 Å². The van der Waals surface area contributed by atoms with Gasteiger partial charge >= 0.3 is 0 Å². The van der Waals surface area contributed by atoms with Gasteiger partial charge in [-0.3, -0.25) is 0 Å². The minimum Gasteiger partial charge on any atom is -0.0837 e. The van der Waals surface area contributed by atoms with Crippen LogP contribution in [-0.2, 0) is 6.42 Å². The van der Waals surface area contributed by atoms with E-state index in [1.54, 1.807) is 0 Å². The highest BCUT2D eigenvalue weighted by Gasteiger charge is 2.27. The molecule has 4 rings (SSSR count). The zero-order valence-corrected chi connectivity index (χ0v) is 13.5. The lowest BCUT2D eigenvalue weighted by Gasteiger charge is -2.18. The molecule has 22 heavy (non-hydrogen) atoms. The van der Waals surface area contributed by atoms with E-state index >= 15 is 0 Å². The minimum absolute atomic E-state index is 0.934. The van der Waals surface area contributed by atoms with Crippen molar-refractivity contribution < 1.29 is 0 Å². The lowest BCUT2D eigenvalue weighted by Crippen LogP contribution is -1.96. The second-order valence-corrected chi connectivity index (χ2v) is 6.37. The SMILES string of the molecule is Cc1c(C)c(-c2ccccc2)c2c(c1Cl)Cc1ccccc1-2. The van der Waals surface area contributed by atoms with Crippen LogP contribution in [0.5, 0.6) is 0 Å². The quantitative estimate of drug-likeness (QED) is 0.393. The first-order valence-corrected chi connectivity index (χ1v) is 8.01. The van der Waals surface area contributed by atoms with E-state index in [9.17, 15) is 0 Å². The molecule has 1 heteroatoms. The Kier molecular flexibility index (Phi) is 3.09. The molecule has 3 aromatic rings. The molecule has 0 spiro atoms. The third-order valence-corrected chi connectivity index (χ3v) is 5.31. The Balaban J connectivity index is 2.13. The molecule has 0 N–H and O–H groups in total. The smallest absolute Gasteiger partial charge is 0.0479 e.